The van der Waals surface area contributed by atoms with Crippen LogP contribution in [0.5, 0.6) is 17.2 Å². The molecule has 0 radical (unpaired) electrons. The lowest BCUT2D eigenvalue weighted by Gasteiger charge is -2.36. The first-order valence-corrected chi connectivity index (χ1v) is 25.8. The van der Waals surface area contributed by atoms with E-state index in [1.165, 1.54) is 6.92 Å². The lowest BCUT2D eigenvalue weighted by molar-refractivity contribution is -0.151. The normalized spacial score (nSPS) is 24.6. The molecule has 6 rings (SSSR count). The molecule has 0 aliphatic heterocycles. The van der Waals surface area contributed by atoms with Crippen LogP contribution in [-0.2, 0) is 52.5 Å². The minimum atomic E-state index is -0.537. The summed E-state index contributed by atoms with van der Waals surface area (Å²) >= 11 is 0. The Labute approximate surface area is 412 Å². The molecule has 0 aromatic heterocycles. The van der Waals surface area contributed by atoms with Gasteiger partial charge in [0.25, 0.3) is 0 Å². The fourth-order valence-corrected chi connectivity index (χ4v) is 11.0. The summed E-state index contributed by atoms with van der Waals surface area (Å²) in [6.07, 6.45) is 15.9. The van der Waals surface area contributed by atoms with Gasteiger partial charge in [0, 0.05) is 23.5 Å². The average Bonchev–Trinajstić information content (AvgIpc) is 3.36. The highest BCUT2D eigenvalue weighted by Crippen LogP contribution is 2.45. The molecule has 0 bridgehead atoms. The van der Waals surface area contributed by atoms with Crippen LogP contribution < -0.4 is 14.2 Å². The molecule has 0 unspecified atom stereocenters. The standard InChI is InChI=1S/C56H74O14/c1-35(2)51(58)64-31-6-8-33-66-53(60)42-21-13-38(14-22-42)40-17-25-44(26-18-40)55(62)69-47-29-30-49(50-46(47)11-10-12-48(50)68-37(5)57)70-56(63)45-27-19-41(20-28-45)39-15-23-43(24-16-39)54(61)67-34-9-7-32-65-52(59)36(3)4/h10-12,29-30,38-45H,1,3,6-9,13-28,31-34H2,2,4-5H3. The molecule has 0 atom stereocenters. The number of esters is 7. The molecule has 4 aliphatic carbocycles. The fraction of sp³-hybridized carbons (Fsp3) is 0.625. The number of rotatable bonds is 21. The van der Waals surface area contributed by atoms with Gasteiger partial charge in [0.15, 0.2) is 0 Å². The zero-order chi connectivity index (χ0) is 50.2. The molecule has 0 N–H and O–H groups in total. The summed E-state index contributed by atoms with van der Waals surface area (Å²) in [7, 11) is 0. The van der Waals surface area contributed by atoms with Crippen molar-refractivity contribution in [1.82, 2.24) is 0 Å². The van der Waals surface area contributed by atoms with E-state index in [1.807, 2.05) is 0 Å². The summed E-state index contributed by atoms with van der Waals surface area (Å²) in [5.41, 5.74) is 0.718. The van der Waals surface area contributed by atoms with E-state index in [-0.39, 0.29) is 72.3 Å². The Morgan fingerprint density at radius 1 is 0.414 bits per heavy atom. The zero-order valence-corrected chi connectivity index (χ0v) is 41.6. The largest absolute Gasteiger partial charge is 0.465 e. The van der Waals surface area contributed by atoms with Crippen molar-refractivity contribution in [3.8, 4) is 17.2 Å². The quantitative estimate of drug-likeness (QED) is 0.0378. The van der Waals surface area contributed by atoms with Gasteiger partial charge in [-0.1, -0.05) is 25.3 Å². The number of benzene rings is 2. The average molecular weight is 971 g/mol. The molecule has 70 heavy (non-hydrogen) atoms. The Hall–Kier alpha value is -5.53. The Morgan fingerprint density at radius 3 is 1.11 bits per heavy atom. The molecule has 14 nitrogen and oxygen atoms in total. The SMILES string of the molecule is C=C(C)C(=O)OCCCCOC(=O)C1CCC(C2CCC(C(=O)Oc3ccc(OC(=O)C4CCC(C5CCC(C(=O)OCCCCOC(=O)C(=C)C)CC5)CC4)c4c(OC(C)=O)cccc34)CC2)CC1. The number of unbranched alkanes of at least 4 members (excludes halogenated alkanes) is 2. The summed E-state index contributed by atoms with van der Waals surface area (Å²) in [5.74, 6) is -0.426. The lowest BCUT2D eigenvalue weighted by Crippen LogP contribution is -2.31. The van der Waals surface area contributed by atoms with Gasteiger partial charge in [0.05, 0.1) is 55.5 Å². The van der Waals surface area contributed by atoms with Gasteiger partial charge in [-0.2, -0.15) is 0 Å². The molecular weight excluding hydrogens is 897 g/mol. The van der Waals surface area contributed by atoms with Crippen molar-refractivity contribution in [2.45, 2.75) is 149 Å². The highest BCUT2D eigenvalue weighted by Gasteiger charge is 2.38. The lowest BCUT2D eigenvalue weighted by atomic mass is 9.69. The predicted molar refractivity (Wildman–Crippen MR) is 260 cm³/mol. The number of ether oxygens (including phenoxy) is 7. The van der Waals surface area contributed by atoms with E-state index in [2.05, 4.69) is 13.2 Å². The van der Waals surface area contributed by atoms with Crippen LogP contribution in [0.1, 0.15) is 149 Å². The summed E-state index contributed by atoms with van der Waals surface area (Å²) in [6, 6.07) is 8.36. The second-order valence-corrected chi connectivity index (χ2v) is 20.2. The second-order valence-electron chi connectivity index (χ2n) is 20.2. The Bertz CT molecular complexity index is 2180. The van der Waals surface area contributed by atoms with Crippen molar-refractivity contribution < 1.29 is 66.7 Å². The van der Waals surface area contributed by atoms with Gasteiger partial charge in [-0.25, -0.2) is 9.59 Å². The third-order valence-corrected chi connectivity index (χ3v) is 15.1. The summed E-state index contributed by atoms with van der Waals surface area (Å²) in [6.45, 7) is 12.8. The van der Waals surface area contributed by atoms with E-state index in [1.54, 1.807) is 44.2 Å². The van der Waals surface area contributed by atoms with Gasteiger partial charge in [-0.05, 0) is 184 Å². The maximum absolute atomic E-state index is 13.8. The number of carbonyl (C=O) groups is 7. The molecule has 2 aromatic carbocycles. The molecule has 0 spiro atoms. The van der Waals surface area contributed by atoms with Crippen molar-refractivity contribution in [1.29, 1.82) is 0 Å². The molecule has 0 amide bonds. The van der Waals surface area contributed by atoms with E-state index < -0.39 is 17.9 Å². The minimum absolute atomic E-state index is 0.101. The summed E-state index contributed by atoms with van der Waals surface area (Å²) in [4.78, 5) is 88.3. The predicted octanol–water partition coefficient (Wildman–Crippen LogP) is 10.7. The second kappa shape index (κ2) is 26.6. The van der Waals surface area contributed by atoms with Crippen molar-refractivity contribution in [2.24, 2.45) is 47.3 Å². The van der Waals surface area contributed by atoms with Crippen LogP contribution in [0, 0.1) is 47.3 Å². The van der Waals surface area contributed by atoms with E-state index >= 15 is 0 Å². The van der Waals surface area contributed by atoms with E-state index in [4.69, 9.17) is 33.2 Å². The molecule has 2 aromatic rings. The summed E-state index contributed by atoms with van der Waals surface area (Å²) < 4.78 is 39.1. The number of hydrogen-bond donors (Lipinski definition) is 0. The molecule has 14 heteroatoms. The first kappa shape index (κ1) is 53.8. The highest BCUT2D eigenvalue weighted by atomic mass is 16.6. The third kappa shape index (κ3) is 15.5. The molecular formula is C56H74O14. The number of hydrogen-bond acceptors (Lipinski definition) is 14. The Morgan fingerprint density at radius 2 is 0.743 bits per heavy atom. The zero-order valence-electron chi connectivity index (χ0n) is 41.6. The summed E-state index contributed by atoms with van der Waals surface area (Å²) in [5, 5.41) is 0.879. The van der Waals surface area contributed by atoms with Crippen molar-refractivity contribution >= 4 is 52.6 Å². The van der Waals surface area contributed by atoms with Crippen LogP contribution in [0.15, 0.2) is 54.6 Å². The molecule has 382 valence electrons. The first-order chi connectivity index (χ1) is 33.7. The topological polar surface area (TPSA) is 184 Å². The van der Waals surface area contributed by atoms with Crippen molar-refractivity contribution in [3.63, 3.8) is 0 Å². The van der Waals surface area contributed by atoms with Crippen LogP contribution in [0.25, 0.3) is 10.8 Å². The van der Waals surface area contributed by atoms with Gasteiger partial charge in [-0.15, -0.1) is 0 Å². The van der Waals surface area contributed by atoms with E-state index in [0.717, 1.165) is 77.0 Å². The van der Waals surface area contributed by atoms with Gasteiger partial charge in [0.2, 0.25) is 0 Å². The maximum atomic E-state index is 13.8. The Balaban J connectivity index is 0.931. The maximum Gasteiger partial charge on any atom is 0.333 e. The van der Waals surface area contributed by atoms with Gasteiger partial charge in [-0.3, -0.25) is 24.0 Å². The highest BCUT2D eigenvalue weighted by molar-refractivity contribution is 6.01. The van der Waals surface area contributed by atoms with Crippen LogP contribution in [0.4, 0.5) is 0 Å². The molecule has 4 saturated carbocycles. The number of fused-ring (bicyclic) bond motifs is 1. The van der Waals surface area contributed by atoms with E-state index in [0.29, 0.717) is 116 Å². The van der Waals surface area contributed by atoms with Crippen LogP contribution >= 0.6 is 0 Å². The molecule has 0 heterocycles. The van der Waals surface area contributed by atoms with E-state index in [9.17, 15) is 33.6 Å². The van der Waals surface area contributed by atoms with Crippen LogP contribution in [0.2, 0.25) is 0 Å². The number of carbonyl (C=O) groups excluding carboxylic acids is 7. The Kier molecular flexibility index (Phi) is 20.5. The monoisotopic (exact) mass is 971 g/mol. The smallest absolute Gasteiger partial charge is 0.333 e. The molecule has 4 aliphatic rings. The fourth-order valence-electron chi connectivity index (χ4n) is 11.0. The minimum Gasteiger partial charge on any atom is -0.465 e. The van der Waals surface area contributed by atoms with Crippen LogP contribution in [0.3, 0.4) is 0 Å². The van der Waals surface area contributed by atoms with Gasteiger partial charge >= 0.3 is 41.8 Å². The van der Waals surface area contributed by atoms with Gasteiger partial charge < -0.3 is 33.2 Å². The first-order valence-electron chi connectivity index (χ1n) is 25.8. The molecule has 4 fully saturated rings. The van der Waals surface area contributed by atoms with Crippen molar-refractivity contribution in [3.05, 3.63) is 54.6 Å². The molecule has 0 saturated heterocycles. The van der Waals surface area contributed by atoms with Gasteiger partial charge in [0.1, 0.15) is 17.2 Å². The van der Waals surface area contributed by atoms with Crippen molar-refractivity contribution in [2.75, 3.05) is 26.4 Å². The third-order valence-electron chi connectivity index (χ3n) is 15.1. The van der Waals surface area contributed by atoms with Crippen LogP contribution in [-0.4, -0.2) is 68.2 Å².